The summed E-state index contributed by atoms with van der Waals surface area (Å²) in [7, 11) is 4.19. The summed E-state index contributed by atoms with van der Waals surface area (Å²) >= 11 is 0. The van der Waals surface area contributed by atoms with Crippen LogP contribution in [0.3, 0.4) is 0 Å². The number of rotatable bonds is 7. The Labute approximate surface area is 197 Å². The molecule has 2 aromatic heterocycles. The van der Waals surface area contributed by atoms with E-state index in [0.717, 1.165) is 42.0 Å². The SMILES string of the molecule is CN(C)CC1CC(c2nc(-c3cccc(OCc4c(F)cccc4F)c3)c3c(N)nccn23)C1. The Morgan fingerprint density at radius 3 is 2.59 bits per heavy atom. The Morgan fingerprint density at radius 2 is 1.85 bits per heavy atom. The average molecular weight is 464 g/mol. The van der Waals surface area contributed by atoms with Crippen LogP contribution in [0.5, 0.6) is 5.75 Å². The van der Waals surface area contributed by atoms with E-state index in [1.165, 1.54) is 18.2 Å². The number of aromatic nitrogens is 3. The van der Waals surface area contributed by atoms with Gasteiger partial charge in [-0.05, 0) is 57.1 Å². The number of ether oxygens (including phenoxy) is 1. The first kappa shape index (κ1) is 22.3. The van der Waals surface area contributed by atoms with Crippen molar-refractivity contribution in [2.24, 2.45) is 5.92 Å². The Bertz CT molecular complexity index is 1310. The molecule has 0 aliphatic heterocycles. The molecule has 0 amide bonds. The second-order valence-corrected chi connectivity index (χ2v) is 9.16. The van der Waals surface area contributed by atoms with Crippen LogP contribution >= 0.6 is 0 Å². The molecule has 1 aliphatic carbocycles. The van der Waals surface area contributed by atoms with Crippen molar-refractivity contribution < 1.29 is 13.5 Å². The van der Waals surface area contributed by atoms with E-state index in [-0.39, 0.29) is 12.2 Å². The lowest BCUT2D eigenvalue weighted by molar-refractivity contribution is 0.194. The van der Waals surface area contributed by atoms with Crippen molar-refractivity contribution in [2.75, 3.05) is 26.4 Å². The van der Waals surface area contributed by atoms with E-state index < -0.39 is 11.6 Å². The second-order valence-electron chi connectivity index (χ2n) is 9.16. The normalized spacial score (nSPS) is 17.8. The van der Waals surface area contributed by atoms with Gasteiger partial charge in [-0.3, -0.25) is 4.40 Å². The molecular formula is C26H27F2N5O. The van der Waals surface area contributed by atoms with Crippen LogP contribution < -0.4 is 10.5 Å². The van der Waals surface area contributed by atoms with Gasteiger partial charge in [0.15, 0.2) is 0 Å². The molecule has 6 nitrogen and oxygen atoms in total. The molecule has 2 N–H and O–H groups in total. The van der Waals surface area contributed by atoms with Gasteiger partial charge < -0.3 is 15.4 Å². The number of halogens is 2. The summed E-state index contributed by atoms with van der Waals surface area (Å²) in [6.45, 7) is 0.856. The highest BCUT2D eigenvalue weighted by molar-refractivity contribution is 5.85. The lowest BCUT2D eigenvalue weighted by Crippen LogP contribution is -2.32. The van der Waals surface area contributed by atoms with Crippen LogP contribution in [0, 0.1) is 17.6 Å². The zero-order valence-corrected chi connectivity index (χ0v) is 19.2. The quantitative estimate of drug-likeness (QED) is 0.423. The lowest BCUT2D eigenvalue weighted by Gasteiger charge is -2.36. The highest BCUT2D eigenvalue weighted by Crippen LogP contribution is 2.43. The zero-order valence-electron chi connectivity index (χ0n) is 19.2. The van der Waals surface area contributed by atoms with Gasteiger partial charge in [-0.2, -0.15) is 0 Å². The van der Waals surface area contributed by atoms with Gasteiger partial charge in [0.05, 0.1) is 5.56 Å². The van der Waals surface area contributed by atoms with Crippen LogP contribution in [0.1, 0.15) is 30.1 Å². The largest absolute Gasteiger partial charge is 0.489 e. The zero-order chi connectivity index (χ0) is 23.8. The number of benzene rings is 2. The van der Waals surface area contributed by atoms with E-state index >= 15 is 0 Å². The van der Waals surface area contributed by atoms with Crippen LogP contribution in [0.15, 0.2) is 54.9 Å². The molecular weight excluding hydrogens is 436 g/mol. The molecule has 2 heterocycles. The van der Waals surface area contributed by atoms with Crippen molar-refractivity contribution in [3.05, 3.63) is 77.9 Å². The fraction of sp³-hybridized carbons (Fsp3) is 0.308. The predicted molar refractivity (Wildman–Crippen MR) is 128 cm³/mol. The standard InChI is InChI=1S/C26H27F2N5O/c1-32(2)14-16-11-18(12-16)26-31-23(24-25(29)30-9-10-33(24)26)17-5-3-6-19(13-17)34-15-20-21(27)7-4-8-22(20)28/h3-10,13,16,18H,11-12,14-15H2,1-2H3,(H2,29,30). The predicted octanol–water partition coefficient (Wildman–Crippen LogP) is 4.89. The first-order valence-corrected chi connectivity index (χ1v) is 11.3. The smallest absolute Gasteiger partial charge is 0.150 e. The van der Waals surface area contributed by atoms with Crippen molar-refractivity contribution in [2.45, 2.75) is 25.4 Å². The summed E-state index contributed by atoms with van der Waals surface area (Å²) in [5.41, 5.74) is 8.45. The van der Waals surface area contributed by atoms with Crippen molar-refractivity contribution in [3.8, 4) is 17.0 Å². The molecule has 0 bridgehead atoms. The minimum atomic E-state index is -0.632. The minimum absolute atomic E-state index is 0.103. The Balaban J connectivity index is 1.44. The molecule has 0 saturated heterocycles. The molecule has 1 fully saturated rings. The third-order valence-corrected chi connectivity index (χ3v) is 6.39. The van der Waals surface area contributed by atoms with Gasteiger partial charge in [0.25, 0.3) is 0 Å². The average Bonchev–Trinajstić information content (AvgIpc) is 3.16. The van der Waals surface area contributed by atoms with Crippen LogP contribution in [-0.2, 0) is 6.61 Å². The van der Waals surface area contributed by atoms with Gasteiger partial charge in [0.2, 0.25) is 0 Å². The Morgan fingerprint density at radius 1 is 1.12 bits per heavy atom. The monoisotopic (exact) mass is 463 g/mol. The van der Waals surface area contributed by atoms with Crippen molar-refractivity contribution >= 4 is 11.3 Å². The molecule has 2 aromatic carbocycles. The van der Waals surface area contributed by atoms with Gasteiger partial charge in [-0.15, -0.1) is 0 Å². The number of nitrogens with two attached hydrogens (primary N) is 1. The first-order chi connectivity index (χ1) is 16.4. The van der Waals surface area contributed by atoms with Gasteiger partial charge in [0, 0.05) is 30.4 Å². The van der Waals surface area contributed by atoms with Crippen molar-refractivity contribution in [1.29, 1.82) is 0 Å². The molecule has 0 spiro atoms. The molecule has 0 radical (unpaired) electrons. The maximum absolute atomic E-state index is 14.0. The van der Waals surface area contributed by atoms with Gasteiger partial charge in [0.1, 0.15) is 46.8 Å². The van der Waals surface area contributed by atoms with Gasteiger partial charge in [-0.25, -0.2) is 18.7 Å². The van der Waals surface area contributed by atoms with Crippen LogP contribution in [0.4, 0.5) is 14.6 Å². The Kier molecular flexibility index (Phi) is 5.91. The number of nitrogens with zero attached hydrogens (tertiary/aromatic N) is 4. The summed E-state index contributed by atoms with van der Waals surface area (Å²) in [5, 5.41) is 0. The number of hydrogen-bond acceptors (Lipinski definition) is 5. The second kappa shape index (κ2) is 9.02. The molecule has 1 aliphatic rings. The summed E-state index contributed by atoms with van der Waals surface area (Å²) in [4.78, 5) is 11.5. The topological polar surface area (TPSA) is 68.7 Å². The first-order valence-electron chi connectivity index (χ1n) is 11.3. The molecule has 4 aromatic rings. The highest BCUT2D eigenvalue weighted by atomic mass is 19.1. The third-order valence-electron chi connectivity index (χ3n) is 6.39. The number of fused-ring (bicyclic) bond motifs is 1. The van der Waals surface area contributed by atoms with Crippen LogP contribution in [0.25, 0.3) is 16.8 Å². The molecule has 176 valence electrons. The van der Waals surface area contributed by atoms with Crippen molar-refractivity contribution in [3.63, 3.8) is 0 Å². The fourth-order valence-electron chi connectivity index (χ4n) is 4.75. The van der Waals surface area contributed by atoms with Crippen LogP contribution in [0.2, 0.25) is 0 Å². The van der Waals surface area contributed by atoms with E-state index in [4.69, 9.17) is 15.5 Å². The van der Waals surface area contributed by atoms with E-state index in [2.05, 4.69) is 24.0 Å². The summed E-state index contributed by atoms with van der Waals surface area (Å²) < 4.78 is 35.7. The summed E-state index contributed by atoms with van der Waals surface area (Å²) in [6, 6.07) is 11.1. The van der Waals surface area contributed by atoms with Crippen molar-refractivity contribution in [1.82, 2.24) is 19.3 Å². The number of anilines is 1. The summed E-state index contributed by atoms with van der Waals surface area (Å²) in [5.74, 6) is 1.62. The maximum atomic E-state index is 14.0. The molecule has 0 unspecified atom stereocenters. The third kappa shape index (κ3) is 4.21. The van der Waals surface area contributed by atoms with Gasteiger partial charge in [-0.1, -0.05) is 18.2 Å². The molecule has 34 heavy (non-hydrogen) atoms. The molecule has 0 atom stereocenters. The number of hydrogen-bond donors (Lipinski definition) is 1. The molecule has 1 saturated carbocycles. The fourth-order valence-corrected chi connectivity index (χ4v) is 4.75. The molecule has 8 heteroatoms. The van der Waals surface area contributed by atoms with E-state index in [9.17, 15) is 8.78 Å². The van der Waals surface area contributed by atoms with E-state index in [1.807, 2.05) is 28.8 Å². The summed E-state index contributed by atoms with van der Waals surface area (Å²) in [6.07, 6.45) is 5.75. The van der Waals surface area contributed by atoms with E-state index in [0.29, 0.717) is 23.4 Å². The maximum Gasteiger partial charge on any atom is 0.150 e. The minimum Gasteiger partial charge on any atom is -0.489 e. The number of nitrogen functional groups attached to an aromatic ring is 1. The van der Waals surface area contributed by atoms with Gasteiger partial charge >= 0.3 is 0 Å². The van der Waals surface area contributed by atoms with Crippen LogP contribution in [-0.4, -0.2) is 39.9 Å². The Hall–Kier alpha value is -3.52. The highest BCUT2D eigenvalue weighted by Gasteiger charge is 2.34. The lowest BCUT2D eigenvalue weighted by atomic mass is 9.74. The van der Waals surface area contributed by atoms with E-state index in [1.54, 1.807) is 12.3 Å². The number of imidazole rings is 1. The molecule has 5 rings (SSSR count).